The highest BCUT2D eigenvalue weighted by Gasteiger charge is 2.27. The molecule has 26 heavy (non-hydrogen) atoms. The van der Waals surface area contributed by atoms with E-state index in [-0.39, 0.29) is 18.1 Å². The second-order valence-electron chi connectivity index (χ2n) is 6.95. The number of imidazole rings is 1. The molecule has 0 spiro atoms. The molecule has 7 heteroatoms. The molecule has 1 amide bonds. The fourth-order valence-electron chi connectivity index (χ4n) is 3.07. The Hall–Kier alpha value is -1.96. The molecule has 7 nitrogen and oxygen atoms in total. The molecule has 142 valence electrons. The topological polar surface area (TPSA) is 68.1 Å². The van der Waals surface area contributed by atoms with Gasteiger partial charge in [0.15, 0.2) is 0 Å². The van der Waals surface area contributed by atoms with Crippen molar-refractivity contribution in [2.24, 2.45) is 0 Å². The quantitative estimate of drug-likeness (QED) is 0.764. The van der Waals surface area contributed by atoms with Crippen LogP contribution in [0.2, 0.25) is 0 Å². The minimum atomic E-state index is -0.0838. The van der Waals surface area contributed by atoms with Crippen molar-refractivity contribution in [3.05, 3.63) is 36.3 Å². The van der Waals surface area contributed by atoms with E-state index in [0.717, 1.165) is 24.3 Å². The van der Waals surface area contributed by atoms with Crippen LogP contribution in [0.1, 0.15) is 18.5 Å². The number of nitrogens with one attached hydrogen (secondary N) is 1. The minimum Gasteiger partial charge on any atom is -0.379 e. The zero-order valence-corrected chi connectivity index (χ0v) is 15.6. The number of amides is 1. The molecular weight excluding hydrogens is 332 g/mol. The van der Waals surface area contributed by atoms with Crippen molar-refractivity contribution >= 4 is 11.6 Å². The number of carbonyl (C=O) groups is 1. The van der Waals surface area contributed by atoms with Crippen molar-refractivity contribution in [1.29, 1.82) is 0 Å². The summed E-state index contributed by atoms with van der Waals surface area (Å²) in [6.45, 7) is 2.71. The predicted octanol–water partition coefficient (Wildman–Crippen LogP) is 1.12. The van der Waals surface area contributed by atoms with Gasteiger partial charge in [-0.2, -0.15) is 0 Å². The SMILES string of the molecule is CN(C)CCO[C@@H]1CCOC[C@@H]1NC(=O)CCc1cn2ccccc2n1. The molecule has 1 aliphatic rings. The second kappa shape index (κ2) is 9.12. The average Bonchev–Trinajstić information content (AvgIpc) is 3.04. The number of pyridine rings is 1. The Balaban J connectivity index is 1.47. The lowest BCUT2D eigenvalue weighted by Crippen LogP contribution is -2.51. The van der Waals surface area contributed by atoms with Gasteiger partial charge in [0, 0.05) is 32.0 Å². The fraction of sp³-hybridized carbons (Fsp3) is 0.579. The first-order chi connectivity index (χ1) is 12.6. The van der Waals surface area contributed by atoms with Crippen molar-refractivity contribution in [1.82, 2.24) is 19.6 Å². The van der Waals surface area contributed by atoms with Crippen LogP contribution in [0.5, 0.6) is 0 Å². The molecule has 0 radical (unpaired) electrons. The third kappa shape index (κ3) is 5.27. The molecule has 2 aromatic heterocycles. The first-order valence-corrected chi connectivity index (χ1v) is 9.18. The summed E-state index contributed by atoms with van der Waals surface area (Å²) in [4.78, 5) is 19.0. The molecule has 1 fully saturated rings. The van der Waals surface area contributed by atoms with Crippen LogP contribution in [-0.2, 0) is 20.7 Å². The molecule has 3 rings (SSSR count). The van der Waals surface area contributed by atoms with Crippen LogP contribution in [0.15, 0.2) is 30.6 Å². The van der Waals surface area contributed by atoms with Crippen molar-refractivity contribution in [2.75, 3.05) is 40.5 Å². The van der Waals surface area contributed by atoms with Gasteiger partial charge in [0.25, 0.3) is 0 Å². The van der Waals surface area contributed by atoms with Crippen molar-refractivity contribution in [2.45, 2.75) is 31.4 Å². The third-order valence-corrected chi connectivity index (χ3v) is 4.53. The summed E-state index contributed by atoms with van der Waals surface area (Å²) in [5.74, 6) is 0.0127. The highest BCUT2D eigenvalue weighted by atomic mass is 16.5. The van der Waals surface area contributed by atoms with E-state index in [2.05, 4.69) is 15.2 Å². The Labute approximate surface area is 154 Å². The van der Waals surface area contributed by atoms with E-state index in [1.54, 1.807) is 0 Å². The van der Waals surface area contributed by atoms with Crippen molar-refractivity contribution < 1.29 is 14.3 Å². The molecular formula is C19H28N4O3. The smallest absolute Gasteiger partial charge is 0.220 e. The maximum atomic E-state index is 12.4. The van der Waals surface area contributed by atoms with E-state index in [9.17, 15) is 4.79 Å². The summed E-state index contributed by atoms with van der Waals surface area (Å²) in [6.07, 6.45) is 5.78. The zero-order valence-electron chi connectivity index (χ0n) is 15.6. The van der Waals surface area contributed by atoms with E-state index in [4.69, 9.17) is 9.47 Å². The zero-order chi connectivity index (χ0) is 18.4. The van der Waals surface area contributed by atoms with Crippen LogP contribution in [0.25, 0.3) is 5.65 Å². The summed E-state index contributed by atoms with van der Waals surface area (Å²) in [6, 6.07) is 5.79. The Morgan fingerprint density at radius 3 is 3.15 bits per heavy atom. The Morgan fingerprint density at radius 1 is 1.46 bits per heavy atom. The molecule has 0 aromatic carbocycles. The van der Waals surface area contributed by atoms with Gasteiger partial charge in [-0.15, -0.1) is 0 Å². The lowest BCUT2D eigenvalue weighted by Gasteiger charge is -2.32. The first kappa shape index (κ1) is 18.8. The number of ether oxygens (including phenoxy) is 2. The molecule has 1 aliphatic heterocycles. The predicted molar refractivity (Wildman–Crippen MR) is 99.2 cm³/mol. The summed E-state index contributed by atoms with van der Waals surface area (Å²) in [5, 5.41) is 3.07. The van der Waals surface area contributed by atoms with E-state index in [1.807, 2.05) is 49.1 Å². The van der Waals surface area contributed by atoms with Gasteiger partial charge in [0.2, 0.25) is 5.91 Å². The van der Waals surface area contributed by atoms with E-state index in [1.165, 1.54) is 0 Å². The number of fused-ring (bicyclic) bond motifs is 1. The Bertz CT molecular complexity index is 683. The molecule has 0 aliphatic carbocycles. The molecule has 2 atom stereocenters. The van der Waals surface area contributed by atoms with Crippen LogP contribution in [-0.4, -0.2) is 72.8 Å². The Morgan fingerprint density at radius 2 is 2.35 bits per heavy atom. The van der Waals surface area contributed by atoms with Gasteiger partial charge in [0.1, 0.15) is 5.65 Å². The number of hydrogen-bond donors (Lipinski definition) is 1. The maximum Gasteiger partial charge on any atom is 0.220 e. The van der Waals surface area contributed by atoms with Crippen LogP contribution in [0, 0.1) is 0 Å². The van der Waals surface area contributed by atoms with Gasteiger partial charge in [-0.05, 0) is 39.1 Å². The highest BCUT2D eigenvalue weighted by molar-refractivity contribution is 5.76. The van der Waals surface area contributed by atoms with Gasteiger partial charge in [0.05, 0.1) is 31.1 Å². The van der Waals surface area contributed by atoms with Gasteiger partial charge in [-0.1, -0.05) is 6.07 Å². The van der Waals surface area contributed by atoms with Crippen LogP contribution in [0.4, 0.5) is 0 Å². The van der Waals surface area contributed by atoms with Gasteiger partial charge in [-0.25, -0.2) is 4.98 Å². The monoisotopic (exact) mass is 360 g/mol. The second-order valence-corrected chi connectivity index (χ2v) is 6.95. The Kier molecular flexibility index (Phi) is 6.60. The third-order valence-electron chi connectivity index (χ3n) is 4.53. The average molecular weight is 360 g/mol. The highest BCUT2D eigenvalue weighted by Crippen LogP contribution is 2.13. The number of likely N-dealkylation sites (N-methyl/N-ethyl adjacent to an activating group) is 1. The largest absolute Gasteiger partial charge is 0.379 e. The number of carbonyl (C=O) groups excluding carboxylic acids is 1. The van der Waals surface area contributed by atoms with Crippen LogP contribution in [0.3, 0.4) is 0 Å². The van der Waals surface area contributed by atoms with E-state index >= 15 is 0 Å². The summed E-state index contributed by atoms with van der Waals surface area (Å²) in [5.41, 5.74) is 1.82. The molecule has 0 bridgehead atoms. The van der Waals surface area contributed by atoms with Gasteiger partial charge < -0.3 is 24.1 Å². The number of aromatic nitrogens is 2. The molecule has 2 aromatic rings. The molecule has 0 saturated carbocycles. The summed E-state index contributed by atoms with van der Waals surface area (Å²) in [7, 11) is 4.04. The number of aryl methyl sites for hydroxylation is 1. The molecule has 1 N–H and O–H groups in total. The minimum absolute atomic E-state index is 0.0127. The first-order valence-electron chi connectivity index (χ1n) is 9.18. The van der Waals surface area contributed by atoms with E-state index in [0.29, 0.717) is 32.7 Å². The number of nitrogens with zero attached hydrogens (tertiary/aromatic N) is 3. The standard InChI is InChI=1S/C19H28N4O3/c1-22(2)10-12-26-17-8-11-25-14-16(17)21-19(24)7-6-15-13-23-9-4-3-5-18(23)20-15/h3-5,9,13,16-17H,6-8,10-12,14H2,1-2H3,(H,21,24)/t16-,17+/m0/s1. The lowest BCUT2D eigenvalue weighted by molar-refractivity contribution is -0.126. The van der Waals surface area contributed by atoms with Crippen molar-refractivity contribution in [3.8, 4) is 0 Å². The molecule has 0 unspecified atom stereocenters. The van der Waals surface area contributed by atoms with E-state index < -0.39 is 0 Å². The summed E-state index contributed by atoms with van der Waals surface area (Å²) < 4.78 is 13.4. The summed E-state index contributed by atoms with van der Waals surface area (Å²) >= 11 is 0. The number of hydrogen-bond acceptors (Lipinski definition) is 5. The van der Waals surface area contributed by atoms with Gasteiger partial charge >= 0.3 is 0 Å². The molecule has 1 saturated heterocycles. The van der Waals surface area contributed by atoms with Gasteiger partial charge in [-0.3, -0.25) is 4.79 Å². The lowest BCUT2D eigenvalue weighted by atomic mass is 10.1. The maximum absolute atomic E-state index is 12.4. The van der Waals surface area contributed by atoms with Crippen LogP contribution >= 0.6 is 0 Å². The normalized spacial score (nSPS) is 20.6. The van der Waals surface area contributed by atoms with Crippen molar-refractivity contribution in [3.63, 3.8) is 0 Å². The fourth-order valence-corrected chi connectivity index (χ4v) is 3.07. The van der Waals surface area contributed by atoms with Crippen LogP contribution < -0.4 is 5.32 Å². The molecule has 3 heterocycles. The number of rotatable bonds is 8.